The minimum Gasteiger partial charge on any atom is -0.368 e. The van der Waals surface area contributed by atoms with Gasteiger partial charge in [0.1, 0.15) is 0 Å². The molecule has 0 aromatic heterocycles. The van der Waals surface area contributed by atoms with Crippen molar-refractivity contribution in [1.82, 2.24) is 0 Å². The number of unbranched alkanes of at least 4 members (excludes halogenated alkanes) is 1. The second-order valence-electron chi connectivity index (χ2n) is 1.95. The summed E-state index contributed by atoms with van der Waals surface area (Å²) in [4.78, 5) is 29.3. The molecule has 10 heavy (non-hydrogen) atoms. The number of hydrogen-bond donors (Lipinski definition) is 4. The van der Waals surface area contributed by atoms with Gasteiger partial charge in [-0.3, -0.25) is 0 Å². The van der Waals surface area contributed by atoms with Gasteiger partial charge in [-0.15, -0.1) is 0 Å². The molecule has 0 saturated carbocycles. The molecule has 0 bridgehead atoms. The minimum absolute atomic E-state index is 1.11. The summed E-state index contributed by atoms with van der Waals surface area (Å²) in [5.41, 5.74) is 0. The molecule has 4 N–H and O–H groups in total. The zero-order valence-corrected chi connectivity index (χ0v) is 10.5. The molecule has 0 spiro atoms. The second kappa shape index (κ2) is 8.79. The summed E-state index contributed by atoms with van der Waals surface area (Å²) in [6.45, 7) is 2.24. The molecule has 0 aromatic carbocycles. The van der Waals surface area contributed by atoms with E-state index < -0.39 is 9.05 Å². The summed E-state index contributed by atoms with van der Waals surface area (Å²) in [5, 5.41) is 0. The SMILES string of the molecule is CCC[CH2][K].O[Si](O)(O)O. The molecule has 0 aliphatic rings. The van der Waals surface area contributed by atoms with Crippen LogP contribution in [0.5, 0.6) is 0 Å². The zero-order valence-electron chi connectivity index (χ0n) is 6.41. The first kappa shape index (κ1) is 14.2. The van der Waals surface area contributed by atoms with Gasteiger partial charge in [0.25, 0.3) is 0 Å². The van der Waals surface area contributed by atoms with Crippen molar-refractivity contribution in [2.45, 2.75) is 20.3 Å². The van der Waals surface area contributed by atoms with Crippen molar-refractivity contribution in [2.24, 2.45) is 0 Å². The summed E-state index contributed by atoms with van der Waals surface area (Å²) >= 11 is 1.11. The van der Waals surface area contributed by atoms with Gasteiger partial charge in [-0.1, -0.05) is 0 Å². The van der Waals surface area contributed by atoms with Crippen LogP contribution in [-0.4, -0.2) is 77.2 Å². The third kappa shape index (κ3) is 53.7. The molecule has 0 fully saturated rings. The van der Waals surface area contributed by atoms with Gasteiger partial charge in [-0.05, 0) is 0 Å². The topological polar surface area (TPSA) is 80.9 Å². The first-order valence-electron chi connectivity index (χ1n) is 3.31. The van der Waals surface area contributed by atoms with Gasteiger partial charge in [0, 0.05) is 0 Å². The van der Waals surface area contributed by atoms with E-state index >= 15 is 0 Å². The van der Waals surface area contributed by atoms with Gasteiger partial charge < -0.3 is 19.2 Å². The van der Waals surface area contributed by atoms with E-state index in [1.807, 2.05) is 0 Å². The summed E-state index contributed by atoms with van der Waals surface area (Å²) in [5.74, 6) is 0. The Kier molecular flexibility index (Phi) is 12.5. The normalized spacial score (nSPS) is 10.3. The van der Waals surface area contributed by atoms with E-state index in [0.29, 0.717) is 0 Å². The summed E-state index contributed by atoms with van der Waals surface area (Å²) in [7, 11) is -4.61. The minimum atomic E-state index is -4.61. The van der Waals surface area contributed by atoms with Crippen LogP contribution in [0.15, 0.2) is 0 Å². The summed E-state index contributed by atoms with van der Waals surface area (Å²) in [6.07, 6.45) is 2.86. The Morgan fingerprint density at radius 3 is 1.50 bits per heavy atom. The summed E-state index contributed by atoms with van der Waals surface area (Å²) in [6, 6.07) is 0. The Bertz CT molecular complexity index is 56.8. The van der Waals surface area contributed by atoms with E-state index in [1.165, 1.54) is 13.4 Å². The molecule has 58 valence electrons. The van der Waals surface area contributed by atoms with Gasteiger partial charge >= 0.3 is 78.3 Å². The van der Waals surface area contributed by atoms with Gasteiger partial charge in [0.15, 0.2) is 0 Å². The molecule has 0 saturated heterocycles. The standard InChI is InChI=1S/C4H9.K.H4O4Si/c1-3-4-2;;1-5(2,3)4/h1,3-4H2,2H3;;1-4H. The second-order valence-corrected chi connectivity index (χ2v) is 4.72. The Morgan fingerprint density at radius 2 is 1.50 bits per heavy atom. The fourth-order valence-electron chi connectivity index (χ4n) is 0.354. The Morgan fingerprint density at radius 1 is 1.20 bits per heavy atom. The molecule has 0 rings (SSSR count). The maximum atomic E-state index is 7.33. The van der Waals surface area contributed by atoms with Crippen LogP contribution in [0.25, 0.3) is 0 Å². The molecular weight excluding hydrogens is 179 g/mol. The number of rotatable bonds is 2. The van der Waals surface area contributed by atoms with Crippen LogP contribution in [0.3, 0.4) is 0 Å². The largest absolute Gasteiger partial charge is 0.668 e. The van der Waals surface area contributed by atoms with Crippen LogP contribution in [0, 0.1) is 0 Å². The van der Waals surface area contributed by atoms with Crippen molar-refractivity contribution in [3.63, 3.8) is 0 Å². The maximum absolute atomic E-state index is 7.33. The molecule has 0 aromatic rings. The van der Waals surface area contributed by atoms with Gasteiger partial charge in [-0.2, -0.15) is 0 Å². The summed E-state index contributed by atoms with van der Waals surface area (Å²) < 4.78 is 1.53. The third-order valence-electron chi connectivity index (χ3n) is 0.707. The maximum Gasteiger partial charge on any atom is 0.668 e. The predicted molar refractivity (Wildman–Crippen MR) is 40.1 cm³/mol. The van der Waals surface area contributed by atoms with Crippen LogP contribution >= 0.6 is 0 Å². The molecule has 0 unspecified atom stereocenters. The average Bonchev–Trinajstić information content (AvgIpc) is 1.63. The molecule has 0 amide bonds. The van der Waals surface area contributed by atoms with Gasteiger partial charge in [0.2, 0.25) is 0 Å². The first-order valence-corrected chi connectivity index (χ1v) is 7.31. The Labute approximate surface area is 96.0 Å². The van der Waals surface area contributed by atoms with Crippen molar-refractivity contribution < 1.29 is 19.2 Å². The fourth-order valence-corrected chi connectivity index (χ4v) is 1.46. The molecule has 6 heteroatoms. The van der Waals surface area contributed by atoms with Gasteiger partial charge in [0.05, 0.1) is 0 Å². The Balaban J connectivity index is 0. The van der Waals surface area contributed by atoms with E-state index in [2.05, 4.69) is 6.92 Å². The Hall–Kier alpha value is 1.69. The number of hydrogen-bond acceptors (Lipinski definition) is 4. The van der Waals surface area contributed by atoms with E-state index in [-0.39, 0.29) is 0 Å². The van der Waals surface area contributed by atoms with E-state index in [9.17, 15) is 0 Å². The van der Waals surface area contributed by atoms with Crippen molar-refractivity contribution >= 4 is 58.0 Å². The first-order chi connectivity index (χ1) is 4.41. The van der Waals surface area contributed by atoms with Crippen LogP contribution in [0.1, 0.15) is 19.8 Å². The average molecular weight is 192 g/mol. The molecule has 4 nitrogen and oxygen atoms in total. The molecule has 0 heterocycles. The molecular formula is C4H13KO4Si. The third-order valence-corrected chi connectivity index (χ3v) is 1.81. The smallest absolute Gasteiger partial charge is 0.368 e. The van der Waals surface area contributed by atoms with Crippen molar-refractivity contribution in [1.29, 1.82) is 0 Å². The van der Waals surface area contributed by atoms with E-state index in [4.69, 9.17) is 19.2 Å². The van der Waals surface area contributed by atoms with E-state index in [1.54, 1.807) is 0 Å². The van der Waals surface area contributed by atoms with Crippen LogP contribution < -0.4 is 0 Å². The monoisotopic (exact) mass is 192 g/mol. The van der Waals surface area contributed by atoms with E-state index in [0.717, 1.165) is 49.0 Å². The molecule has 0 atom stereocenters. The fraction of sp³-hybridized carbons (Fsp3) is 1.00. The van der Waals surface area contributed by atoms with Crippen LogP contribution in [-0.2, 0) is 0 Å². The van der Waals surface area contributed by atoms with Crippen LogP contribution in [0.4, 0.5) is 0 Å². The van der Waals surface area contributed by atoms with Gasteiger partial charge in [-0.25, -0.2) is 0 Å². The van der Waals surface area contributed by atoms with Crippen LogP contribution in [0.2, 0.25) is 0.515 Å². The molecule has 0 aliphatic heterocycles. The quantitative estimate of drug-likeness (QED) is 0.413. The molecule has 0 aliphatic carbocycles. The van der Waals surface area contributed by atoms with Crippen molar-refractivity contribution in [2.75, 3.05) is 0 Å². The predicted octanol–water partition coefficient (Wildman–Crippen LogP) is -1.24. The molecule has 0 radical (unpaired) electrons. The zero-order chi connectivity index (χ0) is 8.62. The van der Waals surface area contributed by atoms with Crippen molar-refractivity contribution in [3.05, 3.63) is 0 Å². The van der Waals surface area contributed by atoms with Crippen molar-refractivity contribution in [3.8, 4) is 0 Å².